The van der Waals surface area contributed by atoms with Crippen molar-refractivity contribution in [2.24, 2.45) is 0 Å². The first-order valence-electron chi connectivity index (χ1n) is 5.20. The molecule has 0 bridgehead atoms. The molecule has 17 heavy (non-hydrogen) atoms. The fraction of sp³-hybridized carbons (Fsp3) is 0.167. The second kappa shape index (κ2) is 3.62. The minimum atomic E-state index is 0.235. The quantitative estimate of drug-likeness (QED) is 0.800. The lowest BCUT2D eigenvalue weighted by Gasteiger charge is -2.00. The van der Waals surface area contributed by atoms with Crippen LogP contribution in [0.3, 0.4) is 0 Å². The number of nitrogens with one attached hydrogen (secondary N) is 1. The zero-order valence-corrected chi connectivity index (χ0v) is 9.19. The van der Waals surface area contributed by atoms with Crippen molar-refractivity contribution in [2.45, 2.75) is 6.92 Å². The number of nitrogens with zero attached hydrogens (tertiary/aromatic N) is 1. The van der Waals surface area contributed by atoms with Gasteiger partial charge in [-0.15, -0.1) is 0 Å². The molecule has 0 unspecified atom stereocenters. The van der Waals surface area contributed by atoms with E-state index in [1.807, 2.05) is 25.1 Å². The van der Waals surface area contributed by atoms with Crippen molar-refractivity contribution in [1.82, 2.24) is 10.2 Å². The summed E-state index contributed by atoms with van der Waals surface area (Å²) in [5.41, 5.74) is 2.80. The summed E-state index contributed by atoms with van der Waals surface area (Å²) in [6.45, 7) is 2.05. The van der Waals surface area contributed by atoms with Gasteiger partial charge < -0.3 is 9.47 Å². The van der Waals surface area contributed by atoms with Crippen molar-refractivity contribution >= 4 is 6.29 Å². The molecule has 1 N–H and O–H groups in total. The Kier molecular flexibility index (Phi) is 2.11. The largest absolute Gasteiger partial charge is 0.454 e. The Morgan fingerprint density at radius 1 is 1.35 bits per heavy atom. The summed E-state index contributed by atoms with van der Waals surface area (Å²) >= 11 is 0. The lowest BCUT2D eigenvalue weighted by atomic mass is 10.1. The number of aromatic amines is 1. The summed E-state index contributed by atoms with van der Waals surface area (Å²) in [6, 6.07) is 5.50. The Bertz CT molecular complexity index is 589. The fourth-order valence-corrected chi connectivity index (χ4v) is 1.85. The SMILES string of the molecule is Cc1[nH]nc(-c2ccc3c(c2)OCO3)c1C=O. The summed E-state index contributed by atoms with van der Waals surface area (Å²) < 4.78 is 10.5. The highest BCUT2D eigenvalue weighted by Crippen LogP contribution is 2.36. The van der Waals surface area contributed by atoms with Gasteiger partial charge in [-0.1, -0.05) is 0 Å². The average Bonchev–Trinajstić information content (AvgIpc) is 2.93. The highest BCUT2D eigenvalue weighted by molar-refractivity contribution is 5.87. The third-order valence-electron chi connectivity index (χ3n) is 2.76. The van der Waals surface area contributed by atoms with E-state index in [1.165, 1.54) is 0 Å². The van der Waals surface area contributed by atoms with E-state index in [1.54, 1.807) is 0 Å². The molecule has 86 valence electrons. The standard InChI is InChI=1S/C12H10N2O3/c1-7-9(5-15)12(14-13-7)8-2-3-10-11(4-8)17-6-16-10/h2-5H,6H2,1H3,(H,13,14). The van der Waals surface area contributed by atoms with Gasteiger partial charge in [0, 0.05) is 11.3 Å². The number of H-pyrrole nitrogens is 1. The molecule has 0 spiro atoms. The first kappa shape index (κ1) is 9.89. The predicted molar refractivity (Wildman–Crippen MR) is 60.3 cm³/mol. The summed E-state index contributed by atoms with van der Waals surface area (Å²) in [5, 5.41) is 6.93. The van der Waals surface area contributed by atoms with Gasteiger partial charge in [0.05, 0.1) is 5.56 Å². The summed E-state index contributed by atoms with van der Waals surface area (Å²) in [6.07, 6.45) is 0.804. The maximum atomic E-state index is 11.0. The van der Waals surface area contributed by atoms with Crippen LogP contribution in [0, 0.1) is 6.92 Å². The topological polar surface area (TPSA) is 64.2 Å². The van der Waals surface area contributed by atoms with E-state index in [4.69, 9.17) is 9.47 Å². The van der Waals surface area contributed by atoms with Crippen LogP contribution < -0.4 is 9.47 Å². The van der Waals surface area contributed by atoms with Crippen LogP contribution in [-0.4, -0.2) is 23.3 Å². The first-order valence-corrected chi connectivity index (χ1v) is 5.20. The van der Waals surface area contributed by atoms with Gasteiger partial charge in [-0.05, 0) is 25.1 Å². The lowest BCUT2D eigenvalue weighted by molar-refractivity contribution is 0.112. The van der Waals surface area contributed by atoms with Crippen molar-refractivity contribution in [3.05, 3.63) is 29.5 Å². The maximum absolute atomic E-state index is 11.0. The molecular weight excluding hydrogens is 220 g/mol. The van der Waals surface area contributed by atoms with E-state index < -0.39 is 0 Å². The molecule has 0 saturated heterocycles. The van der Waals surface area contributed by atoms with Gasteiger partial charge in [0.2, 0.25) is 6.79 Å². The molecule has 0 amide bonds. The number of aromatic nitrogens is 2. The highest BCUT2D eigenvalue weighted by atomic mass is 16.7. The number of aldehydes is 1. The molecule has 3 rings (SSSR count). The minimum Gasteiger partial charge on any atom is -0.454 e. The van der Waals surface area contributed by atoms with E-state index in [-0.39, 0.29) is 6.79 Å². The summed E-state index contributed by atoms with van der Waals surface area (Å²) in [4.78, 5) is 11.0. The Morgan fingerprint density at radius 3 is 3.00 bits per heavy atom. The average molecular weight is 230 g/mol. The van der Waals surface area contributed by atoms with Gasteiger partial charge in [0.15, 0.2) is 17.8 Å². The molecule has 5 heteroatoms. The van der Waals surface area contributed by atoms with Gasteiger partial charge in [-0.25, -0.2) is 0 Å². The second-order valence-corrected chi connectivity index (χ2v) is 3.80. The lowest BCUT2D eigenvalue weighted by Crippen LogP contribution is -1.92. The molecule has 0 radical (unpaired) electrons. The Hall–Kier alpha value is -2.30. The van der Waals surface area contributed by atoms with Gasteiger partial charge >= 0.3 is 0 Å². The monoisotopic (exact) mass is 230 g/mol. The van der Waals surface area contributed by atoms with Crippen molar-refractivity contribution in [2.75, 3.05) is 6.79 Å². The molecule has 1 aromatic heterocycles. The molecule has 0 atom stereocenters. The molecule has 1 aliphatic rings. The van der Waals surface area contributed by atoms with E-state index in [0.29, 0.717) is 22.8 Å². The number of hydrogen-bond donors (Lipinski definition) is 1. The molecule has 2 aromatic rings. The fourth-order valence-electron chi connectivity index (χ4n) is 1.85. The maximum Gasteiger partial charge on any atom is 0.231 e. The van der Waals surface area contributed by atoms with Crippen molar-refractivity contribution in [1.29, 1.82) is 0 Å². The van der Waals surface area contributed by atoms with Crippen LogP contribution in [-0.2, 0) is 0 Å². The molecule has 1 aliphatic heterocycles. The smallest absolute Gasteiger partial charge is 0.231 e. The van der Waals surface area contributed by atoms with Crippen molar-refractivity contribution < 1.29 is 14.3 Å². The number of ether oxygens (including phenoxy) is 2. The number of benzene rings is 1. The van der Waals surface area contributed by atoms with Crippen LogP contribution in [0.25, 0.3) is 11.3 Å². The van der Waals surface area contributed by atoms with Gasteiger partial charge in [0.1, 0.15) is 5.69 Å². The van der Waals surface area contributed by atoms with E-state index in [9.17, 15) is 4.79 Å². The van der Waals surface area contributed by atoms with Crippen molar-refractivity contribution in [3.8, 4) is 22.8 Å². The van der Waals surface area contributed by atoms with Gasteiger partial charge in [-0.2, -0.15) is 5.10 Å². The zero-order chi connectivity index (χ0) is 11.8. The molecule has 2 heterocycles. The molecule has 0 saturated carbocycles. The van der Waals surface area contributed by atoms with Crippen LogP contribution in [0.1, 0.15) is 16.1 Å². The second-order valence-electron chi connectivity index (χ2n) is 3.80. The number of fused-ring (bicyclic) bond motifs is 1. The number of carbonyl (C=O) groups is 1. The van der Waals surface area contributed by atoms with E-state index >= 15 is 0 Å². The molecule has 0 aliphatic carbocycles. The van der Waals surface area contributed by atoms with Gasteiger partial charge in [-0.3, -0.25) is 9.89 Å². The normalized spacial score (nSPS) is 12.8. The number of aryl methyl sites for hydroxylation is 1. The zero-order valence-electron chi connectivity index (χ0n) is 9.19. The Balaban J connectivity index is 2.12. The van der Waals surface area contributed by atoms with Crippen LogP contribution >= 0.6 is 0 Å². The minimum absolute atomic E-state index is 0.235. The Labute approximate surface area is 97.4 Å². The van der Waals surface area contributed by atoms with E-state index in [2.05, 4.69) is 10.2 Å². The van der Waals surface area contributed by atoms with Crippen LogP contribution in [0.2, 0.25) is 0 Å². The third-order valence-corrected chi connectivity index (χ3v) is 2.76. The molecule has 5 nitrogen and oxygen atoms in total. The molecular formula is C12H10N2O3. The van der Waals surface area contributed by atoms with Crippen molar-refractivity contribution in [3.63, 3.8) is 0 Å². The first-order chi connectivity index (χ1) is 8.29. The predicted octanol–water partition coefficient (Wildman–Crippen LogP) is 1.93. The number of rotatable bonds is 2. The van der Waals surface area contributed by atoms with Crippen LogP contribution in [0.15, 0.2) is 18.2 Å². The van der Waals surface area contributed by atoms with E-state index in [0.717, 1.165) is 17.5 Å². The van der Waals surface area contributed by atoms with Crippen LogP contribution in [0.4, 0.5) is 0 Å². The summed E-state index contributed by atoms with van der Waals surface area (Å²) in [7, 11) is 0. The highest BCUT2D eigenvalue weighted by Gasteiger charge is 2.17. The van der Waals surface area contributed by atoms with Crippen LogP contribution in [0.5, 0.6) is 11.5 Å². The van der Waals surface area contributed by atoms with Gasteiger partial charge in [0.25, 0.3) is 0 Å². The summed E-state index contributed by atoms with van der Waals surface area (Å²) in [5.74, 6) is 1.40. The molecule has 1 aromatic carbocycles. The molecule has 0 fully saturated rings. The number of hydrogen-bond acceptors (Lipinski definition) is 4. The number of carbonyl (C=O) groups excluding carboxylic acids is 1. The third kappa shape index (κ3) is 1.47. The Morgan fingerprint density at radius 2 is 2.18 bits per heavy atom.